The van der Waals surface area contributed by atoms with Crippen LogP contribution in [0.1, 0.15) is 0 Å². The van der Waals surface area contributed by atoms with E-state index in [1.54, 1.807) is 12.4 Å². The lowest BCUT2D eigenvalue weighted by Gasteiger charge is -2.01. The van der Waals surface area contributed by atoms with E-state index < -0.39 is 7.12 Å². The molecule has 1 aromatic heterocycles. The summed E-state index contributed by atoms with van der Waals surface area (Å²) >= 11 is 0. The van der Waals surface area contributed by atoms with Crippen LogP contribution in [0.15, 0.2) is 42.7 Å². The van der Waals surface area contributed by atoms with E-state index in [-0.39, 0.29) is 0 Å². The molecule has 4 heteroatoms. The molecule has 0 bridgehead atoms. The zero-order valence-electron chi connectivity index (χ0n) is 7.51. The second kappa shape index (κ2) is 3.70. The van der Waals surface area contributed by atoms with Crippen molar-refractivity contribution < 1.29 is 10.0 Å². The Bertz CT molecular complexity index is 411. The van der Waals surface area contributed by atoms with E-state index in [0.717, 1.165) is 11.1 Å². The molecule has 1 heterocycles. The standard InChI is InChI=1S/C10H10BNO2/c13-11(14)10-7-12-6-9(10)8-4-2-1-3-5-8/h1-7,12-14H. The Labute approximate surface area is 82.2 Å². The lowest BCUT2D eigenvalue weighted by atomic mass is 9.78. The van der Waals surface area contributed by atoms with Gasteiger partial charge in [-0.15, -0.1) is 0 Å². The monoisotopic (exact) mass is 187 g/mol. The topological polar surface area (TPSA) is 56.2 Å². The SMILES string of the molecule is OB(O)c1c[nH]cc1-c1ccccc1. The van der Waals surface area contributed by atoms with Crippen molar-refractivity contribution in [1.82, 2.24) is 4.98 Å². The van der Waals surface area contributed by atoms with Crippen molar-refractivity contribution >= 4 is 12.6 Å². The number of rotatable bonds is 2. The fourth-order valence-corrected chi connectivity index (χ4v) is 1.46. The van der Waals surface area contributed by atoms with Crippen molar-refractivity contribution in [3.8, 4) is 11.1 Å². The van der Waals surface area contributed by atoms with Crippen LogP contribution in [0.4, 0.5) is 0 Å². The van der Waals surface area contributed by atoms with Gasteiger partial charge in [-0.1, -0.05) is 30.3 Å². The zero-order chi connectivity index (χ0) is 9.97. The molecule has 1 aromatic carbocycles. The average Bonchev–Trinajstić information content (AvgIpc) is 2.67. The van der Waals surface area contributed by atoms with E-state index in [4.69, 9.17) is 10.0 Å². The first-order chi connectivity index (χ1) is 6.79. The lowest BCUT2D eigenvalue weighted by molar-refractivity contribution is 0.426. The average molecular weight is 187 g/mol. The maximum atomic E-state index is 9.09. The number of hydrogen-bond donors (Lipinski definition) is 3. The minimum atomic E-state index is -1.43. The van der Waals surface area contributed by atoms with Crippen molar-refractivity contribution in [1.29, 1.82) is 0 Å². The molecule has 2 aromatic rings. The fourth-order valence-electron chi connectivity index (χ4n) is 1.46. The Kier molecular flexibility index (Phi) is 2.39. The van der Waals surface area contributed by atoms with E-state index in [0.29, 0.717) is 5.46 Å². The molecule has 70 valence electrons. The first-order valence-electron chi connectivity index (χ1n) is 4.37. The summed E-state index contributed by atoms with van der Waals surface area (Å²) in [5.41, 5.74) is 2.29. The van der Waals surface area contributed by atoms with E-state index in [2.05, 4.69) is 4.98 Å². The van der Waals surface area contributed by atoms with Gasteiger partial charge >= 0.3 is 7.12 Å². The van der Waals surface area contributed by atoms with Gasteiger partial charge in [-0.2, -0.15) is 0 Å². The van der Waals surface area contributed by atoms with Gasteiger partial charge in [0, 0.05) is 17.9 Å². The van der Waals surface area contributed by atoms with Gasteiger partial charge in [0.2, 0.25) is 0 Å². The predicted octanol–water partition coefficient (Wildman–Crippen LogP) is 0.361. The number of aromatic nitrogens is 1. The second-order valence-corrected chi connectivity index (χ2v) is 3.06. The van der Waals surface area contributed by atoms with Crippen LogP contribution in [0.25, 0.3) is 11.1 Å². The highest BCUT2D eigenvalue weighted by molar-refractivity contribution is 6.60. The van der Waals surface area contributed by atoms with E-state index >= 15 is 0 Å². The summed E-state index contributed by atoms with van der Waals surface area (Å²) in [6.45, 7) is 0. The molecule has 0 atom stereocenters. The molecule has 14 heavy (non-hydrogen) atoms. The minimum absolute atomic E-state index is 0.496. The normalized spacial score (nSPS) is 10.1. The third-order valence-electron chi connectivity index (χ3n) is 2.14. The number of benzene rings is 1. The van der Waals surface area contributed by atoms with Crippen molar-refractivity contribution in [2.45, 2.75) is 0 Å². The molecule has 0 aliphatic carbocycles. The quantitative estimate of drug-likeness (QED) is 0.594. The van der Waals surface area contributed by atoms with Gasteiger partial charge < -0.3 is 15.0 Å². The van der Waals surface area contributed by atoms with Crippen LogP contribution in [0.2, 0.25) is 0 Å². The van der Waals surface area contributed by atoms with Crippen LogP contribution in [-0.2, 0) is 0 Å². The number of aromatic amines is 1. The van der Waals surface area contributed by atoms with Crippen LogP contribution >= 0.6 is 0 Å². The number of H-pyrrole nitrogens is 1. The third kappa shape index (κ3) is 1.57. The van der Waals surface area contributed by atoms with Crippen LogP contribution in [0.3, 0.4) is 0 Å². The van der Waals surface area contributed by atoms with E-state index in [9.17, 15) is 0 Å². The molecule has 0 saturated carbocycles. The lowest BCUT2D eigenvalue weighted by Crippen LogP contribution is -2.29. The van der Waals surface area contributed by atoms with Gasteiger partial charge in [0.25, 0.3) is 0 Å². The molecule has 0 fully saturated rings. The summed E-state index contributed by atoms with van der Waals surface area (Å²) in [6.07, 6.45) is 3.34. The highest BCUT2D eigenvalue weighted by Crippen LogP contribution is 2.15. The van der Waals surface area contributed by atoms with Crippen molar-refractivity contribution in [2.75, 3.05) is 0 Å². The highest BCUT2D eigenvalue weighted by Gasteiger charge is 2.17. The Morgan fingerprint density at radius 2 is 1.71 bits per heavy atom. The van der Waals surface area contributed by atoms with Gasteiger partial charge in [0.05, 0.1) is 0 Å². The van der Waals surface area contributed by atoms with Gasteiger partial charge in [-0.3, -0.25) is 0 Å². The summed E-state index contributed by atoms with van der Waals surface area (Å²) in [7, 11) is -1.43. The molecule has 3 N–H and O–H groups in total. The molecule has 0 aliphatic rings. The van der Waals surface area contributed by atoms with Gasteiger partial charge in [0.15, 0.2) is 0 Å². The largest absolute Gasteiger partial charge is 0.490 e. The van der Waals surface area contributed by atoms with Crippen LogP contribution in [0, 0.1) is 0 Å². The molecule has 2 rings (SSSR count). The molecule has 0 saturated heterocycles. The Balaban J connectivity index is 2.47. The summed E-state index contributed by atoms with van der Waals surface area (Å²) < 4.78 is 0. The van der Waals surface area contributed by atoms with Crippen molar-refractivity contribution in [3.05, 3.63) is 42.7 Å². The minimum Gasteiger partial charge on any atom is -0.423 e. The Hall–Kier alpha value is -1.52. The van der Waals surface area contributed by atoms with Gasteiger partial charge in [-0.25, -0.2) is 0 Å². The molecule has 0 amide bonds. The van der Waals surface area contributed by atoms with Crippen molar-refractivity contribution in [2.24, 2.45) is 0 Å². The Morgan fingerprint density at radius 3 is 2.36 bits per heavy atom. The van der Waals surface area contributed by atoms with Crippen LogP contribution in [0.5, 0.6) is 0 Å². The fraction of sp³-hybridized carbons (Fsp3) is 0. The molecule has 3 nitrogen and oxygen atoms in total. The first-order valence-corrected chi connectivity index (χ1v) is 4.37. The number of hydrogen-bond acceptors (Lipinski definition) is 2. The zero-order valence-corrected chi connectivity index (χ0v) is 7.51. The second-order valence-electron chi connectivity index (χ2n) is 3.06. The van der Waals surface area contributed by atoms with Crippen LogP contribution < -0.4 is 5.46 Å². The van der Waals surface area contributed by atoms with Gasteiger partial charge in [0.1, 0.15) is 0 Å². The summed E-state index contributed by atoms with van der Waals surface area (Å²) in [6, 6.07) is 9.60. The van der Waals surface area contributed by atoms with Crippen LogP contribution in [-0.4, -0.2) is 22.2 Å². The predicted molar refractivity (Wildman–Crippen MR) is 56.1 cm³/mol. The molecular weight excluding hydrogens is 177 g/mol. The number of nitrogens with one attached hydrogen (secondary N) is 1. The smallest absolute Gasteiger partial charge is 0.423 e. The Morgan fingerprint density at radius 1 is 1.00 bits per heavy atom. The summed E-state index contributed by atoms with van der Waals surface area (Å²) in [4.78, 5) is 2.86. The van der Waals surface area contributed by atoms with Crippen molar-refractivity contribution in [3.63, 3.8) is 0 Å². The summed E-state index contributed by atoms with van der Waals surface area (Å²) in [5.74, 6) is 0. The molecule has 0 aliphatic heterocycles. The maximum Gasteiger partial charge on any atom is 0.490 e. The molecule has 0 unspecified atom stereocenters. The molecular formula is C10H10BNO2. The summed E-state index contributed by atoms with van der Waals surface area (Å²) in [5, 5.41) is 18.2. The van der Waals surface area contributed by atoms with E-state index in [1.165, 1.54) is 0 Å². The first kappa shape index (κ1) is 9.06. The maximum absolute atomic E-state index is 9.09. The van der Waals surface area contributed by atoms with Gasteiger partial charge in [-0.05, 0) is 11.1 Å². The third-order valence-corrected chi connectivity index (χ3v) is 2.14. The van der Waals surface area contributed by atoms with E-state index in [1.807, 2.05) is 30.3 Å². The molecule has 0 spiro atoms. The highest BCUT2D eigenvalue weighted by atomic mass is 16.4. The molecule has 0 radical (unpaired) electrons.